The van der Waals surface area contributed by atoms with Gasteiger partial charge in [0, 0.05) is 37.2 Å². The molecule has 3 rings (SSSR count). The monoisotopic (exact) mass is 277 g/mol. The van der Waals surface area contributed by atoms with Crippen LogP contribution in [0.25, 0.3) is 0 Å². The Kier molecular flexibility index (Phi) is 3.58. The van der Waals surface area contributed by atoms with Gasteiger partial charge < -0.3 is 20.1 Å². The quantitative estimate of drug-likeness (QED) is 0.819. The first-order valence-electron chi connectivity index (χ1n) is 6.97. The number of amides is 1. The molecule has 0 aliphatic carbocycles. The van der Waals surface area contributed by atoms with Gasteiger partial charge in [0.05, 0.1) is 24.9 Å². The summed E-state index contributed by atoms with van der Waals surface area (Å²) in [5.74, 6) is 0.754. The Morgan fingerprint density at radius 3 is 3.20 bits per heavy atom. The highest BCUT2D eigenvalue weighted by molar-refractivity contribution is 5.99. The van der Waals surface area contributed by atoms with Crippen LogP contribution in [0, 0.1) is 0 Å². The van der Waals surface area contributed by atoms with Crippen molar-refractivity contribution >= 4 is 11.7 Å². The molecular weight excluding hydrogens is 258 g/mol. The Hall–Kier alpha value is -1.66. The fourth-order valence-electron chi connectivity index (χ4n) is 2.80. The predicted octanol–water partition coefficient (Wildman–Crippen LogP) is 0.0849. The van der Waals surface area contributed by atoms with E-state index in [0.29, 0.717) is 31.7 Å². The van der Waals surface area contributed by atoms with Crippen LogP contribution in [0.1, 0.15) is 28.5 Å². The maximum Gasteiger partial charge on any atom is 0.252 e. The summed E-state index contributed by atoms with van der Waals surface area (Å²) < 4.78 is 5.44. The Bertz CT molecular complexity index is 533. The average Bonchev–Trinajstić information content (AvgIpc) is 2.82. The predicted molar refractivity (Wildman–Crippen MR) is 73.8 cm³/mol. The number of nitrogens with zero attached hydrogens (tertiary/aromatic N) is 2. The number of aliphatic hydroxyl groups excluding tert-OH is 1. The molecule has 0 unspecified atom stereocenters. The maximum absolute atomic E-state index is 11.9. The molecule has 1 fully saturated rings. The molecule has 3 heterocycles. The van der Waals surface area contributed by atoms with Gasteiger partial charge in [0.1, 0.15) is 5.82 Å². The molecule has 108 valence electrons. The lowest BCUT2D eigenvalue weighted by molar-refractivity contribution is 0.0964. The summed E-state index contributed by atoms with van der Waals surface area (Å²) in [5.41, 5.74) is 2.43. The number of carbonyl (C=O) groups is 1. The first-order valence-corrected chi connectivity index (χ1v) is 6.97. The number of anilines is 1. The fourth-order valence-corrected chi connectivity index (χ4v) is 2.80. The molecule has 6 nitrogen and oxygen atoms in total. The fraction of sp³-hybridized carbons (Fsp3) is 0.571. The van der Waals surface area contributed by atoms with Crippen molar-refractivity contribution < 1.29 is 14.6 Å². The molecule has 2 aliphatic rings. The minimum atomic E-state index is -0.0521. The molecule has 0 radical (unpaired) electrons. The van der Waals surface area contributed by atoms with Gasteiger partial charge in [-0.05, 0) is 13.0 Å². The van der Waals surface area contributed by atoms with Gasteiger partial charge >= 0.3 is 0 Å². The van der Waals surface area contributed by atoms with E-state index in [1.165, 1.54) is 0 Å². The summed E-state index contributed by atoms with van der Waals surface area (Å²) in [7, 11) is 0. The van der Waals surface area contributed by atoms with Crippen molar-refractivity contribution in [2.75, 3.05) is 31.3 Å². The van der Waals surface area contributed by atoms with Crippen LogP contribution in [-0.4, -0.2) is 48.4 Å². The van der Waals surface area contributed by atoms with E-state index in [9.17, 15) is 9.90 Å². The summed E-state index contributed by atoms with van der Waals surface area (Å²) in [6, 6.07) is 2.10. The summed E-state index contributed by atoms with van der Waals surface area (Å²) in [5, 5.41) is 12.0. The molecule has 1 saturated heterocycles. The van der Waals surface area contributed by atoms with Crippen molar-refractivity contribution in [3.63, 3.8) is 0 Å². The van der Waals surface area contributed by atoms with Crippen LogP contribution in [0.4, 0.5) is 5.82 Å². The van der Waals surface area contributed by atoms with E-state index >= 15 is 0 Å². The van der Waals surface area contributed by atoms with Crippen LogP contribution in [0.5, 0.6) is 0 Å². The average molecular weight is 277 g/mol. The van der Waals surface area contributed by atoms with Crippen molar-refractivity contribution in [2.45, 2.75) is 25.9 Å². The lowest BCUT2D eigenvalue weighted by Crippen LogP contribution is -2.44. The third-order valence-electron chi connectivity index (χ3n) is 3.88. The van der Waals surface area contributed by atoms with Crippen LogP contribution in [0.2, 0.25) is 0 Å². The molecular formula is C14H19N3O3. The minimum Gasteiger partial charge on any atom is -0.396 e. The minimum absolute atomic E-state index is 0.0374. The van der Waals surface area contributed by atoms with Gasteiger partial charge in [-0.15, -0.1) is 0 Å². The van der Waals surface area contributed by atoms with Crippen LogP contribution < -0.4 is 10.2 Å². The third kappa shape index (κ3) is 2.25. The number of morpholine rings is 1. The molecule has 2 N–H and O–H groups in total. The molecule has 20 heavy (non-hydrogen) atoms. The van der Waals surface area contributed by atoms with Crippen molar-refractivity contribution in [3.05, 3.63) is 22.9 Å². The summed E-state index contributed by atoms with van der Waals surface area (Å²) >= 11 is 0. The highest BCUT2D eigenvalue weighted by Crippen LogP contribution is 2.26. The Labute approximate surface area is 117 Å². The highest BCUT2D eigenvalue weighted by Gasteiger charge is 2.27. The van der Waals surface area contributed by atoms with Gasteiger partial charge in [0.15, 0.2) is 0 Å². The molecule has 1 atom stereocenters. The van der Waals surface area contributed by atoms with Crippen LogP contribution in [0.15, 0.2) is 6.07 Å². The van der Waals surface area contributed by atoms with Crippen LogP contribution >= 0.6 is 0 Å². The Balaban J connectivity index is 2.01. The molecule has 1 aromatic heterocycles. The van der Waals surface area contributed by atoms with Gasteiger partial charge in [0.25, 0.3) is 5.91 Å². The second-order valence-corrected chi connectivity index (χ2v) is 5.23. The zero-order chi connectivity index (χ0) is 14.1. The number of hydrogen-bond donors (Lipinski definition) is 2. The number of carbonyl (C=O) groups excluding carboxylic acids is 1. The first-order chi connectivity index (χ1) is 9.70. The van der Waals surface area contributed by atoms with Crippen LogP contribution in [-0.2, 0) is 17.7 Å². The van der Waals surface area contributed by atoms with E-state index in [-0.39, 0.29) is 18.6 Å². The van der Waals surface area contributed by atoms with Gasteiger partial charge in [-0.1, -0.05) is 0 Å². The van der Waals surface area contributed by atoms with Crippen molar-refractivity contribution in [1.82, 2.24) is 10.3 Å². The van der Waals surface area contributed by atoms with E-state index in [2.05, 4.69) is 22.1 Å². The second-order valence-electron chi connectivity index (χ2n) is 5.23. The summed E-state index contributed by atoms with van der Waals surface area (Å²) in [6.45, 7) is 4.74. The maximum atomic E-state index is 11.9. The van der Waals surface area contributed by atoms with Gasteiger partial charge in [-0.3, -0.25) is 4.79 Å². The Morgan fingerprint density at radius 2 is 2.45 bits per heavy atom. The number of aromatic nitrogens is 1. The zero-order valence-electron chi connectivity index (χ0n) is 11.6. The van der Waals surface area contributed by atoms with Crippen molar-refractivity contribution in [1.29, 1.82) is 0 Å². The largest absolute Gasteiger partial charge is 0.396 e. The molecule has 0 aromatic carbocycles. The van der Waals surface area contributed by atoms with Crippen molar-refractivity contribution in [3.8, 4) is 0 Å². The molecule has 2 aliphatic heterocycles. The number of pyridine rings is 1. The van der Waals surface area contributed by atoms with E-state index in [1.807, 2.05) is 6.07 Å². The molecule has 1 aromatic rings. The topological polar surface area (TPSA) is 74.7 Å². The molecule has 0 bridgehead atoms. The van der Waals surface area contributed by atoms with Gasteiger partial charge in [-0.2, -0.15) is 0 Å². The highest BCUT2D eigenvalue weighted by atomic mass is 16.5. The first kappa shape index (κ1) is 13.3. The van der Waals surface area contributed by atoms with E-state index in [0.717, 1.165) is 23.6 Å². The SMILES string of the molecule is C[C@@H]1COCCN1c1cc2c(c(CCO)n1)CNC2=O. The smallest absolute Gasteiger partial charge is 0.252 e. The number of fused-ring (bicyclic) bond motifs is 1. The lowest BCUT2D eigenvalue weighted by Gasteiger charge is -2.34. The van der Waals surface area contributed by atoms with Gasteiger partial charge in [-0.25, -0.2) is 4.98 Å². The van der Waals surface area contributed by atoms with E-state index in [4.69, 9.17) is 4.74 Å². The second kappa shape index (κ2) is 5.38. The zero-order valence-corrected chi connectivity index (χ0v) is 11.6. The molecule has 6 heteroatoms. The molecule has 0 spiro atoms. The van der Waals surface area contributed by atoms with Gasteiger partial charge in [0.2, 0.25) is 0 Å². The van der Waals surface area contributed by atoms with E-state index < -0.39 is 0 Å². The van der Waals surface area contributed by atoms with Crippen LogP contribution in [0.3, 0.4) is 0 Å². The van der Waals surface area contributed by atoms with Crippen molar-refractivity contribution in [2.24, 2.45) is 0 Å². The number of aliphatic hydroxyl groups is 1. The third-order valence-corrected chi connectivity index (χ3v) is 3.88. The molecule has 0 saturated carbocycles. The summed E-state index contributed by atoms with van der Waals surface area (Å²) in [6.07, 6.45) is 0.476. The Morgan fingerprint density at radius 1 is 1.60 bits per heavy atom. The number of ether oxygens (including phenoxy) is 1. The normalized spacial score (nSPS) is 21.8. The standard InChI is InChI=1S/C14H19N3O3/c1-9-8-20-5-3-17(9)13-6-10-11(7-15-14(10)19)12(16-13)2-4-18/h6,9,18H,2-5,7-8H2,1H3,(H,15,19)/t9-/m1/s1. The number of rotatable bonds is 3. The summed E-state index contributed by atoms with van der Waals surface area (Å²) in [4.78, 5) is 18.7. The number of hydrogen-bond acceptors (Lipinski definition) is 5. The van der Waals surface area contributed by atoms with E-state index in [1.54, 1.807) is 0 Å². The molecule has 1 amide bonds. The number of nitrogens with one attached hydrogen (secondary N) is 1. The lowest BCUT2D eigenvalue weighted by atomic mass is 10.1.